The number of hydrogen-bond acceptors (Lipinski definition) is 5. The lowest BCUT2D eigenvalue weighted by Gasteiger charge is -2.26. The lowest BCUT2D eigenvalue weighted by molar-refractivity contribution is 0.0599. The molecule has 1 heterocycles. The zero-order valence-electron chi connectivity index (χ0n) is 10.9. The van der Waals surface area contributed by atoms with Gasteiger partial charge in [0.25, 0.3) is 5.91 Å². The van der Waals surface area contributed by atoms with Crippen molar-refractivity contribution in [2.45, 2.75) is 26.8 Å². The van der Waals surface area contributed by atoms with Gasteiger partial charge in [-0.25, -0.2) is 0 Å². The van der Waals surface area contributed by atoms with Gasteiger partial charge in [0.15, 0.2) is 0 Å². The topological polar surface area (TPSA) is 55.3 Å². The molecule has 0 radical (unpaired) electrons. The van der Waals surface area contributed by atoms with E-state index in [0.29, 0.717) is 36.2 Å². The Balaban J connectivity index is 2.62. The van der Waals surface area contributed by atoms with Crippen molar-refractivity contribution in [3.05, 3.63) is 10.6 Å². The number of carbonyl (C=O) groups excluding carboxylic acids is 1. The standard InChI is InChI=1S/C11H18ClN3O2S/c1-8(2)15(5-7-17-6-4-12)11(16)10-9(3)13-14-18-10/h8H,4-7H2,1-3H3. The fourth-order valence-corrected chi connectivity index (χ4v) is 2.19. The fraction of sp³-hybridized carbons (Fsp3) is 0.727. The highest BCUT2D eigenvalue weighted by Crippen LogP contribution is 2.14. The van der Waals surface area contributed by atoms with Gasteiger partial charge >= 0.3 is 0 Å². The zero-order chi connectivity index (χ0) is 13.5. The summed E-state index contributed by atoms with van der Waals surface area (Å²) >= 11 is 6.66. The maximum absolute atomic E-state index is 12.3. The Labute approximate surface area is 116 Å². The summed E-state index contributed by atoms with van der Waals surface area (Å²) < 4.78 is 9.10. The van der Waals surface area contributed by atoms with Crippen LogP contribution in [-0.2, 0) is 4.74 Å². The molecule has 0 aliphatic heterocycles. The second-order valence-corrected chi connectivity index (χ2v) is 5.21. The molecule has 0 aliphatic rings. The predicted molar refractivity (Wildman–Crippen MR) is 72.4 cm³/mol. The number of aryl methyl sites for hydroxylation is 1. The van der Waals surface area contributed by atoms with E-state index < -0.39 is 0 Å². The van der Waals surface area contributed by atoms with Gasteiger partial charge in [0, 0.05) is 18.5 Å². The Morgan fingerprint density at radius 3 is 2.72 bits per heavy atom. The molecule has 102 valence electrons. The fourth-order valence-electron chi connectivity index (χ4n) is 1.47. The highest BCUT2D eigenvalue weighted by molar-refractivity contribution is 7.07. The van der Waals surface area contributed by atoms with Crippen LogP contribution in [0.15, 0.2) is 0 Å². The van der Waals surface area contributed by atoms with Gasteiger partial charge in [-0.15, -0.1) is 16.7 Å². The Bertz CT molecular complexity index is 384. The van der Waals surface area contributed by atoms with Crippen LogP contribution in [0.25, 0.3) is 0 Å². The molecule has 0 aliphatic carbocycles. The number of amides is 1. The third-order valence-electron chi connectivity index (χ3n) is 2.43. The first-order valence-electron chi connectivity index (χ1n) is 5.81. The van der Waals surface area contributed by atoms with Gasteiger partial charge in [0.2, 0.25) is 0 Å². The van der Waals surface area contributed by atoms with E-state index in [0.717, 1.165) is 11.5 Å². The number of nitrogens with zero attached hydrogens (tertiary/aromatic N) is 3. The summed E-state index contributed by atoms with van der Waals surface area (Å²) in [6.45, 7) is 7.28. The van der Waals surface area contributed by atoms with Crippen molar-refractivity contribution in [1.82, 2.24) is 14.5 Å². The Kier molecular flexibility index (Phi) is 6.52. The van der Waals surface area contributed by atoms with Crippen LogP contribution in [0.1, 0.15) is 29.2 Å². The lowest BCUT2D eigenvalue weighted by atomic mass is 10.2. The zero-order valence-corrected chi connectivity index (χ0v) is 12.4. The molecule has 0 unspecified atom stereocenters. The summed E-state index contributed by atoms with van der Waals surface area (Å²) in [6, 6.07) is 0.110. The van der Waals surface area contributed by atoms with Crippen molar-refractivity contribution < 1.29 is 9.53 Å². The molecule has 0 N–H and O–H groups in total. The smallest absolute Gasteiger partial charge is 0.267 e. The number of ether oxygens (including phenoxy) is 1. The molecule has 5 nitrogen and oxygen atoms in total. The third-order valence-corrected chi connectivity index (χ3v) is 3.40. The summed E-state index contributed by atoms with van der Waals surface area (Å²) in [5.41, 5.74) is 0.678. The largest absolute Gasteiger partial charge is 0.378 e. The highest BCUT2D eigenvalue weighted by atomic mass is 35.5. The van der Waals surface area contributed by atoms with Gasteiger partial charge in [0.1, 0.15) is 4.88 Å². The van der Waals surface area contributed by atoms with Crippen LogP contribution >= 0.6 is 23.1 Å². The van der Waals surface area contributed by atoms with Gasteiger partial charge in [-0.3, -0.25) is 4.79 Å². The molecule has 0 spiro atoms. The van der Waals surface area contributed by atoms with Crippen molar-refractivity contribution in [1.29, 1.82) is 0 Å². The minimum atomic E-state index is -0.0352. The summed E-state index contributed by atoms with van der Waals surface area (Å²) in [7, 11) is 0. The monoisotopic (exact) mass is 291 g/mol. The molecular weight excluding hydrogens is 274 g/mol. The van der Waals surface area contributed by atoms with Crippen LogP contribution in [0, 0.1) is 6.92 Å². The Hall–Kier alpha value is -0.720. The molecule has 18 heavy (non-hydrogen) atoms. The van der Waals surface area contributed by atoms with Crippen molar-refractivity contribution in [3.8, 4) is 0 Å². The minimum absolute atomic E-state index is 0.0352. The van der Waals surface area contributed by atoms with Gasteiger partial charge in [0.05, 0.1) is 18.9 Å². The molecule has 1 aromatic heterocycles. The maximum Gasteiger partial charge on any atom is 0.267 e. The van der Waals surface area contributed by atoms with Gasteiger partial charge in [-0.05, 0) is 32.3 Å². The molecule has 0 atom stereocenters. The first-order valence-corrected chi connectivity index (χ1v) is 7.12. The summed E-state index contributed by atoms with van der Waals surface area (Å²) in [4.78, 5) is 14.7. The quantitative estimate of drug-likeness (QED) is 0.569. The lowest BCUT2D eigenvalue weighted by Crippen LogP contribution is -2.39. The Morgan fingerprint density at radius 2 is 2.22 bits per heavy atom. The van der Waals surface area contributed by atoms with E-state index in [1.54, 1.807) is 11.8 Å². The number of aromatic nitrogens is 2. The van der Waals surface area contributed by atoms with E-state index >= 15 is 0 Å². The van der Waals surface area contributed by atoms with Crippen LogP contribution < -0.4 is 0 Å². The predicted octanol–water partition coefficient (Wildman–Crippen LogP) is 1.95. The van der Waals surface area contributed by atoms with E-state index in [1.165, 1.54) is 0 Å². The molecule has 0 saturated heterocycles. The molecule has 0 aromatic carbocycles. The van der Waals surface area contributed by atoms with Crippen molar-refractivity contribution >= 4 is 29.0 Å². The van der Waals surface area contributed by atoms with E-state index in [9.17, 15) is 4.79 Å². The van der Waals surface area contributed by atoms with Crippen LogP contribution in [-0.4, -0.2) is 52.1 Å². The van der Waals surface area contributed by atoms with Gasteiger partial charge in [-0.2, -0.15) is 0 Å². The molecule has 1 rings (SSSR count). The molecule has 1 amide bonds. The number of alkyl halides is 1. The van der Waals surface area contributed by atoms with Crippen LogP contribution in [0.4, 0.5) is 0 Å². The summed E-state index contributed by atoms with van der Waals surface area (Å²) in [6.07, 6.45) is 0. The first-order chi connectivity index (χ1) is 8.57. The Morgan fingerprint density at radius 1 is 1.50 bits per heavy atom. The van der Waals surface area contributed by atoms with Gasteiger partial charge < -0.3 is 9.64 Å². The highest BCUT2D eigenvalue weighted by Gasteiger charge is 2.22. The van der Waals surface area contributed by atoms with Gasteiger partial charge in [-0.1, -0.05) is 4.49 Å². The molecule has 1 aromatic rings. The number of rotatable bonds is 7. The van der Waals surface area contributed by atoms with E-state index in [2.05, 4.69) is 9.59 Å². The SMILES string of the molecule is Cc1nnsc1C(=O)N(CCOCCCl)C(C)C. The molecular formula is C11H18ClN3O2S. The van der Waals surface area contributed by atoms with Crippen LogP contribution in [0.2, 0.25) is 0 Å². The molecule has 0 saturated carbocycles. The summed E-state index contributed by atoms with van der Waals surface area (Å²) in [5, 5.41) is 3.86. The number of halogens is 1. The number of hydrogen-bond donors (Lipinski definition) is 0. The van der Waals surface area contributed by atoms with Crippen molar-refractivity contribution in [3.63, 3.8) is 0 Å². The molecule has 0 bridgehead atoms. The van der Waals surface area contributed by atoms with E-state index in [4.69, 9.17) is 16.3 Å². The first kappa shape index (κ1) is 15.3. The second-order valence-electron chi connectivity index (χ2n) is 4.08. The maximum atomic E-state index is 12.3. The molecule has 7 heteroatoms. The average molecular weight is 292 g/mol. The third kappa shape index (κ3) is 4.19. The van der Waals surface area contributed by atoms with Crippen molar-refractivity contribution in [2.24, 2.45) is 0 Å². The average Bonchev–Trinajstić information content (AvgIpc) is 2.74. The van der Waals surface area contributed by atoms with Crippen LogP contribution in [0.5, 0.6) is 0 Å². The second kappa shape index (κ2) is 7.66. The number of carbonyl (C=O) groups is 1. The molecule has 0 fully saturated rings. The normalized spacial score (nSPS) is 10.9. The summed E-state index contributed by atoms with van der Waals surface area (Å²) in [5.74, 6) is 0.431. The minimum Gasteiger partial charge on any atom is -0.378 e. The van der Waals surface area contributed by atoms with E-state index in [1.807, 2.05) is 13.8 Å². The van der Waals surface area contributed by atoms with Crippen molar-refractivity contribution in [2.75, 3.05) is 25.6 Å². The van der Waals surface area contributed by atoms with E-state index in [-0.39, 0.29) is 11.9 Å². The van der Waals surface area contributed by atoms with Crippen LogP contribution in [0.3, 0.4) is 0 Å².